The first-order chi connectivity index (χ1) is 30.4. The second-order valence-corrected chi connectivity index (χ2v) is 18.2. The van der Waals surface area contributed by atoms with Crippen LogP contribution in [-0.2, 0) is 10.2 Å². The highest BCUT2D eigenvalue weighted by Crippen LogP contribution is 2.33. The Labute approximate surface area is 367 Å². The summed E-state index contributed by atoms with van der Waals surface area (Å²) in [5, 5.41) is 18.0. The van der Waals surface area contributed by atoms with Crippen molar-refractivity contribution in [3.05, 3.63) is 102 Å². The van der Waals surface area contributed by atoms with E-state index in [4.69, 9.17) is 9.51 Å². The first kappa shape index (κ1) is 41.7. The molecule has 0 saturated carbocycles. The summed E-state index contributed by atoms with van der Waals surface area (Å²) in [6, 6.07) is 24.7. The highest BCUT2D eigenvalue weighted by atomic mass is 16.5. The molecule has 3 N–H and O–H groups in total. The van der Waals surface area contributed by atoms with Crippen LogP contribution in [0.5, 0.6) is 0 Å². The van der Waals surface area contributed by atoms with Gasteiger partial charge in [0.15, 0.2) is 5.65 Å². The minimum Gasteiger partial charge on any atom is -0.372 e. The number of fused-ring (bicyclic) bond motifs is 1. The second-order valence-electron chi connectivity index (χ2n) is 18.2. The number of urea groups is 1. The van der Waals surface area contributed by atoms with E-state index in [2.05, 4.69) is 94.2 Å². The lowest BCUT2D eigenvalue weighted by Gasteiger charge is -2.40. The first-order valence-electron chi connectivity index (χ1n) is 22.0. The van der Waals surface area contributed by atoms with Crippen LogP contribution in [0.2, 0.25) is 0 Å². The third kappa shape index (κ3) is 9.01. The maximum atomic E-state index is 13.0. The molecule has 6 heterocycles. The summed E-state index contributed by atoms with van der Waals surface area (Å²) in [4.78, 5) is 54.9. The topological polar surface area (TPSA) is 169 Å². The number of piperazine rings is 1. The normalized spacial score (nSPS) is 17.3. The number of amides is 4. The van der Waals surface area contributed by atoms with Crippen LogP contribution in [0.1, 0.15) is 80.6 Å². The fourth-order valence-electron chi connectivity index (χ4n) is 9.00. The van der Waals surface area contributed by atoms with Crippen LogP contribution in [0.4, 0.5) is 21.9 Å². The number of aromatic amines is 1. The number of rotatable bonds is 10. The van der Waals surface area contributed by atoms with Gasteiger partial charge in [-0.1, -0.05) is 50.2 Å². The Morgan fingerprint density at radius 1 is 0.841 bits per heavy atom. The van der Waals surface area contributed by atoms with E-state index in [1.807, 2.05) is 65.1 Å². The molecular formula is C48H55N11O4. The molecule has 3 saturated heterocycles. The van der Waals surface area contributed by atoms with Gasteiger partial charge in [-0.25, -0.2) is 9.78 Å². The van der Waals surface area contributed by atoms with Crippen molar-refractivity contribution in [3.8, 4) is 22.4 Å². The van der Waals surface area contributed by atoms with Crippen LogP contribution < -0.4 is 25.3 Å². The zero-order valence-corrected chi connectivity index (χ0v) is 36.6. The molecule has 0 bridgehead atoms. The summed E-state index contributed by atoms with van der Waals surface area (Å²) >= 11 is 0. The molecule has 3 aliphatic heterocycles. The molecule has 0 radical (unpaired) electrons. The summed E-state index contributed by atoms with van der Waals surface area (Å²) in [6.07, 6.45) is 4.54. The number of carbonyl (C=O) groups is 3. The molecule has 1 atom stereocenters. The Balaban J connectivity index is 0.767. The summed E-state index contributed by atoms with van der Waals surface area (Å²) in [5.41, 5.74) is 9.56. The van der Waals surface area contributed by atoms with Gasteiger partial charge in [-0.3, -0.25) is 29.8 Å². The molecule has 15 nitrogen and oxygen atoms in total. The molecule has 0 spiro atoms. The zero-order chi connectivity index (χ0) is 43.8. The van der Waals surface area contributed by atoms with Crippen molar-refractivity contribution in [1.82, 2.24) is 40.9 Å². The predicted octanol–water partition coefficient (Wildman–Crippen LogP) is 7.26. The largest absolute Gasteiger partial charge is 0.372 e. The maximum absolute atomic E-state index is 13.0. The number of nitrogens with one attached hydrogen (secondary N) is 3. The van der Waals surface area contributed by atoms with Crippen molar-refractivity contribution in [1.29, 1.82) is 0 Å². The van der Waals surface area contributed by atoms with E-state index >= 15 is 0 Å². The molecule has 3 fully saturated rings. The maximum Gasteiger partial charge on any atom is 0.328 e. The van der Waals surface area contributed by atoms with Crippen LogP contribution in [0, 0.1) is 12.8 Å². The van der Waals surface area contributed by atoms with Gasteiger partial charge < -0.3 is 19.6 Å². The summed E-state index contributed by atoms with van der Waals surface area (Å²) in [7, 11) is 0. The number of hydrogen-bond donors (Lipinski definition) is 3. The lowest BCUT2D eigenvalue weighted by atomic mass is 9.95. The van der Waals surface area contributed by atoms with E-state index in [1.54, 1.807) is 4.90 Å². The molecule has 4 amide bonds. The number of H-pyrrole nitrogens is 1. The quantitative estimate of drug-likeness (QED) is 0.127. The zero-order valence-electron chi connectivity index (χ0n) is 36.6. The van der Waals surface area contributed by atoms with Crippen LogP contribution >= 0.6 is 0 Å². The molecule has 9 rings (SSSR count). The van der Waals surface area contributed by atoms with Crippen LogP contribution in [0.3, 0.4) is 0 Å². The Morgan fingerprint density at radius 3 is 2.17 bits per heavy atom. The van der Waals surface area contributed by atoms with Crippen LogP contribution in [0.15, 0.2) is 83.5 Å². The number of aryl methyl sites for hydroxylation is 1. The fraction of sp³-hybridized carbons (Fsp3) is 0.396. The van der Waals surface area contributed by atoms with Crippen molar-refractivity contribution in [3.63, 3.8) is 0 Å². The third-order valence-electron chi connectivity index (χ3n) is 12.7. The highest BCUT2D eigenvalue weighted by molar-refractivity contribution is 6.05. The van der Waals surface area contributed by atoms with Gasteiger partial charge in [0.1, 0.15) is 0 Å². The number of carbonyl (C=O) groups excluding carboxylic acids is 3. The van der Waals surface area contributed by atoms with Crippen LogP contribution in [-0.4, -0.2) is 100 Å². The average Bonchev–Trinajstić information content (AvgIpc) is 3.96. The van der Waals surface area contributed by atoms with Crippen molar-refractivity contribution in [2.75, 3.05) is 67.1 Å². The monoisotopic (exact) mass is 849 g/mol. The minimum atomic E-state index is -0.381. The fourth-order valence-corrected chi connectivity index (χ4v) is 9.00. The van der Waals surface area contributed by atoms with Crippen molar-refractivity contribution in [2.45, 2.75) is 65.3 Å². The summed E-state index contributed by atoms with van der Waals surface area (Å²) < 4.78 is 5.32. The molecule has 3 aromatic heterocycles. The van der Waals surface area contributed by atoms with Gasteiger partial charge in [0.25, 0.3) is 11.7 Å². The summed E-state index contributed by atoms with van der Waals surface area (Å²) in [6.45, 7) is 17.6. The van der Waals surface area contributed by atoms with E-state index < -0.39 is 0 Å². The molecule has 15 heteroatoms. The van der Waals surface area contributed by atoms with E-state index in [0.717, 1.165) is 103 Å². The number of benzene rings is 3. The molecule has 63 heavy (non-hydrogen) atoms. The third-order valence-corrected chi connectivity index (χ3v) is 12.7. The van der Waals surface area contributed by atoms with Gasteiger partial charge in [-0.05, 0) is 97.8 Å². The number of anilines is 3. The van der Waals surface area contributed by atoms with Gasteiger partial charge in [0.2, 0.25) is 11.8 Å². The predicted molar refractivity (Wildman–Crippen MR) is 244 cm³/mol. The minimum absolute atomic E-state index is 0.0246. The van der Waals surface area contributed by atoms with E-state index in [0.29, 0.717) is 30.4 Å². The lowest BCUT2D eigenvalue weighted by molar-refractivity contribution is -0.120. The summed E-state index contributed by atoms with van der Waals surface area (Å²) in [5.74, 6) is 0.527. The van der Waals surface area contributed by atoms with Gasteiger partial charge in [0, 0.05) is 104 Å². The van der Waals surface area contributed by atoms with E-state index in [9.17, 15) is 14.4 Å². The van der Waals surface area contributed by atoms with E-state index in [1.165, 1.54) is 11.4 Å². The Bertz CT molecular complexity index is 2620. The number of hydrogen-bond acceptors (Lipinski definition) is 11. The van der Waals surface area contributed by atoms with Crippen LogP contribution in [0.25, 0.3) is 33.4 Å². The number of imide groups is 1. The molecule has 326 valence electrons. The SMILES string of the molecule is Cc1cc(-c2[nH]nc3ncc(-c4ccc(N5CCN(CC6CCN(c7ccc(N8CCC(=O)NC8=O)cc7)CC6)CC5)cc4)cc23)ccc1[C@@H](C)NC(=O)c1noc(C(C)(C)C)n1. The van der Waals surface area contributed by atoms with Crippen molar-refractivity contribution >= 4 is 45.9 Å². The Morgan fingerprint density at radius 2 is 1.51 bits per heavy atom. The first-order valence-corrected chi connectivity index (χ1v) is 22.0. The smallest absolute Gasteiger partial charge is 0.328 e. The van der Waals surface area contributed by atoms with Crippen molar-refractivity contribution in [2.24, 2.45) is 5.92 Å². The number of nitrogens with zero attached hydrogens (tertiary/aromatic N) is 8. The number of pyridine rings is 1. The highest BCUT2D eigenvalue weighted by Gasteiger charge is 2.28. The second kappa shape index (κ2) is 17.3. The van der Waals surface area contributed by atoms with Gasteiger partial charge in [-0.15, -0.1) is 0 Å². The molecule has 0 aliphatic carbocycles. The van der Waals surface area contributed by atoms with E-state index in [-0.39, 0.29) is 35.1 Å². The number of piperidine rings is 1. The molecular weight excluding hydrogens is 795 g/mol. The van der Waals surface area contributed by atoms with Gasteiger partial charge in [-0.2, -0.15) is 10.1 Å². The number of aromatic nitrogens is 5. The molecule has 3 aliphatic rings. The Kier molecular flexibility index (Phi) is 11.4. The van der Waals surface area contributed by atoms with Gasteiger partial charge >= 0.3 is 6.03 Å². The lowest BCUT2D eigenvalue weighted by Crippen LogP contribution is -2.49. The van der Waals surface area contributed by atoms with Crippen molar-refractivity contribution < 1.29 is 18.9 Å². The molecule has 0 unspecified atom stereocenters. The molecule has 6 aromatic rings. The molecule has 3 aromatic carbocycles. The Hall–Kier alpha value is -6.61. The van der Waals surface area contributed by atoms with Gasteiger partial charge in [0.05, 0.1) is 11.7 Å². The standard InChI is InChI=1S/C48H55N11O4/c1-30-26-34(8-15-39(30)31(2)50-45(61)44-52-46(63-55-44)48(3,4)5)42-40-27-35(28-49-43(40)54-53-42)33-6-9-36(10-7-33)58-24-22-56(23-25-58)29-32-16-19-57(20-17-32)37-11-13-38(14-12-37)59-21-18-41(60)51-47(59)62/h6-15,26-28,31-32H,16-25,29H2,1-5H3,(H,50,61)(H,49,53,54)(H,51,60,62)/t31-/m1/s1. The average molecular weight is 850 g/mol.